The third-order valence-electron chi connectivity index (χ3n) is 3.05. The van der Waals surface area contributed by atoms with Crippen molar-refractivity contribution in [1.82, 2.24) is 10.3 Å². The summed E-state index contributed by atoms with van der Waals surface area (Å²) in [4.78, 5) is 15.9. The minimum Gasteiger partial charge on any atom is -0.365 e. The van der Waals surface area contributed by atoms with Crippen molar-refractivity contribution in [2.45, 2.75) is 38.5 Å². The molecule has 0 saturated heterocycles. The van der Waals surface area contributed by atoms with Gasteiger partial charge in [-0.15, -0.1) is 23.7 Å². The average Bonchev–Trinajstić information content (AvgIpc) is 3.11. The van der Waals surface area contributed by atoms with E-state index >= 15 is 0 Å². The van der Waals surface area contributed by atoms with Crippen LogP contribution in [0, 0.1) is 19.3 Å². The van der Waals surface area contributed by atoms with E-state index in [0.717, 1.165) is 17.1 Å². The molecule has 1 aromatic rings. The van der Waals surface area contributed by atoms with Crippen molar-refractivity contribution in [3.63, 3.8) is 0 Å². The minimum absolute atomic E-state index is 0.0300. The van der Waals surface area contributed by atoms with Crippen molar-refractivity contribution < 1.29 is 9.53 Å². The lowest BCUT2D eigenvalue weighted by molar-refractivity contribution is -0.126. The normalized spacial score (nSPS) is 14.7. The molecule has 0 aromatic carbocycles. The molecular weight excluding hydrogens is 288 g/mol. The second kappa shape index (κ2) is 7.29. The zero-order valence-electron chi connectivity index (χ0n) is 12.0. The van der Waals surface area contributed by atoms with Gasteiger partial charge in [0.25, 0.3) is 0 Å². The number of hydrogen-bond acceptors (Lipinski definition) is 6. The summed E-state index contributed by atoms with van der Waals surface area (Å²) in [5.41, 5.74) is 0.507. The van der Waals surface area contributed by atoms with Gasteiger partial charge in [0.2, 0.25) is 5.91 Å². The van der Waals surface area contributed by atoms with Crippen molar-refractivity contribution in [1.29, 1.82) is 0 Å². The highest BCUT2D eigenvalue weighted by Gasteiger charge is 2.38. The molecule has 1 aliphatic rings. The van der Waals surface area contributed by atoms with Crippen LogP contribution in [0.2, 0.25) is 0 Å². The lowest BCUT2D eigenvalue weighted by Crippen LogP contribution is -2.31. The molecule has 0 atom stereocenters. The van der Waals surface area contributed by atoms with Crippen LogP contribution in [-0.2, 0) is 16.1 Å². The summed E-state index contributed by atoms with van der Waals surface area (Å²) in [5, 5.41) is 13.7. The van der Waals surface area contributed by atoms with E-state index in [1.807, 2.05) is 12.3 Å². The van der Waals surface area contributed by atoms with Crippen molar-refractivity contribution in [2.75, 3.05) is 13.2 Å². The van der Waals surface area contributed by atoms with Gasteiger partial charge in [-0.25, -0.2) is 4.98 Å². The summed E-state index contributed by atoms with van der Waals surface area (Å²) in [6.07, 6.45) is 7.31. The number of aryl methyl sites for hydroxylation is 1. The highest BCUT2D eigenvalue weighted by atomic mass is 32.1. The Balaban J connectivity index is 1.55. The van der Waals surface area contributed by atoms with Crippen LogP contribution >= 0.6 is 11.3 Å². The Labute approximate surface area is 128 Å². The molecule has 0 fully saturated rings. The molecule has 1 aliphatic heterocycles. The van der Waals surface area contributed by atoms with Crippen LogP contribution in [0.25, 0.3) is 0 Å². The molecule has 2 rings (SSSR count). The first-order valence-corrected chi connectivity index (χ1v) is 7.64. The van der Waals surface area contributed by atoms with E-state index in [1.54, 1.807) is 11.3 Å². The van der Waals surface area contributed by atoms with Gasteiger partial charge in [-0.2, -0.15) is 10.2 Å². The highest BCUT2D eigenvalue weighted by Crippen LogP contribution is 2.35. The number of hydrogen-bond donors (Lipinski definition) is 1. The Bertz CT molecular complexity index is 556. The maximum Gasteiger partial charge on any atom is 0.246 e. The van der Waals surface area contributed by atoms with Gasteiger partial charge in [0, 0.05) is 31.2 Å². The molecule has 1 aromatic heterocycles. The first-order chi connectivity index (χ1) is 10.1. The second-order valence-corrected chi connectivity index (χ2v) is 5.90. The summed E-state index contributed by atoms with van der Waals surface area (Å²) in [6.45, 7) is 2.84. The van der Waals surface area contributed by atoms with Crippen LogP contribution in [-0.4, -0.2) is 29.7 Å². The van der Waals surface area contributed by atoms with E-state index < -0.39 is 0 Å². The van der Waals surface area contributed by atoms with E-state index in [2.05, 4.69) is 26.4 Å². The van der Waals surface area contributed by atoms with Crippen LogP contribution in [0.5, 0.6) is 0 Å². The molecule has 0 radical (unpaired) electrons. The number of terminal acetylenes is 1. The molecule has 1 N–H and O–H groups in total. The SMILES string of the molecule is C#CCCC1(CCNC(=O)COCc2csc(C)n2)N=N1. The molecule has 21 heavy (non-hydrogen) atoms. The van der Waals surface area contributed by atoms with E-state index in [0.29, 0.717) is 26.0 Å². The van der Waals surface area contributed by atoms with Crippen LogP contribution in [0.3, 0.4) is 0 Å². The summed E-state index contributed by atoms with van der Waals surface area (Å²) in [5.74, 6) is 2.43. The summed E-state index contributed by atoms with van der Waals surface area (Å²) in [6, 6.07) is 0. The number of thiazole rings is 1. The molecule has 0 unspecified atom stereocenters. The number of ether oxygens (including phenoxy) is 1. The number of amides is 1. The Morgan fingerprint density at radius 2 is 2.33 bits per heavy atom. The molecule has 0 saturated carbocycles. The van der Waals surface area contributed by atoms with Crippen LogP contribution in [0.1, 0.15) is 30.0 Å². The van der Waals surface area contributed by atoms with Crippen molar-refractivity contribution in [2.24, 2.45) is 10.2 Å². The predicted molar refractivity (Wildman–Crippen MR) is 79.8 cm³/mol. The van der Waals surface area contributed by atoms with Gasteiger partial charge >= 0.3 is 0 Å². The van der Waals surface area contributed by atoms with Crippen molar-refractivity contribution >= 4 is 17.2 Å². The second-order valence-electron chi connectivity index (χ2n) is 4.84. The molecule has 6 nitrogen and oxygen atoms in total. The first-order valence-electron chi connectivity index (χ1n) is 6.76. The summed E-state index contributed by atoms with van der Waals surface area (Å²) >= 11 is 1.57. The largest absolute Gasteiger partial charge is 0.365 e. The quantitative estimate of drug-likeness (QED) is 0.709. The Hall–Kier alpha value is -1.78. The third-order valence-corrected chi connectivity index (χ3v) is 3.87. The number of nitrogens with one attached hydrogen (secondary N) is 1. The van der Waals surface area contributed by atoms with Gasteiger partial charge in [-0.3, -0.25) is 4.79 Å². The molecule has 0 aliphatic carbocycles. The maximum atomic E-state index is 11.6. The summed E-state index contributed by atoms with van der Waals surface area (Å²) in [7, 11) is 0. The van der Waals surface area contributed by atoms with E-state index in [-0.39, 0.29) is 18.2 Å². The highest BCUT2D eigenvalue weighted by molar-refractivity contribution is 7.09. The summed E-state index contributed by atoms with van der Waals surface area (Å²) < 4.78 is 5.32. The number of carbonyl (C=O) groups is 1. The number of nitrogens with zero attached hydrogens (tertiary/aromatic N) is 3. The molecule has 2 heterocycles. The first kappa shape index (κ1) is 15.6. The van der Waals surface area contributed by atoms with Crippen molar-refractivity contribution in [3.8, 4) is 12.3 Å². The van der Waals surface area contributed by atoms with Gasteiger partial charge < -0.3 is 10.1 Å². The van der Waals surface area contributed by atoms with Crippen molar-refractivity contribution in [3.05, 3.63) is 16.1 Å². The predicted octanol–water partition coefficient (Wildman–Crippen LogP) is 2.05. The van der Waals surface area contributed by atoms with E-state index in [9.17, 15) is 4.79 Å². The lowest BCUT2D eigenvalue weighted by Gasteiger charge is -2.09. The fourth-order valence-corrected chi connectivity index (χ4v) is 2.44. The number of aromatic nitrogens is 1. The zero-order valence-corrected chi connectivity index (χ0v) is 12.8. The third kappa shape index (κ3) is 5.25. The van der Waals surface area contributed by atoms with Gasteiger partial charge in [0.1, 0.15) is 6.61 Å². The number of carbonyl (C=O) groups excluding carboxylic acids is 1. The zero-order chi connectivity index (χ0) is 15.1. The number of rotatable bonds is 9. The van der Waals surface area contributed by atoms with E-state index in [4.69, 9.17) is 11.2 Å². The Morgan fingerprint density at radius 1 is 1.52 bits per heavy atom. The fraction of sp³-hybridized carbons (Fsp3) is 0.571. The van der Waals surface area contributed by atoms with Gasteiger partial charge in [0.15, 0.2) is 5.66 Å². The Morgan fingerprint density at radius 3 is 2.95 bits per heavy atom. The molecule has 0 bridgehead atoms. The van der Waals surface area contributed by atoms with Gasteiger partial charge in [0.05, 0.1) is 17.3 Å². The minimum atomic E-state index is -0.349. The fourth-order valence-electron chi connectivity index (χ4n) is 1.84. The monoisotopic (exact) mass is 306 g/mol. The van der Waals surface area contributed by atoms with Crippen LogP contribution < -0.4 is 5.32 Å². The molecule has 1 amide bonds. The molecular formula is C14H18N4O2S. The van der Waals surface area contributed by atoms with Crippen LogP contribution in [0.4, 0.5) is 0 Å². The molecule has 0 spiro atoms. The smallest absolute Gasteiger partial charge is 0.246 e. The topological polar surface area (TPSA) is 75.9 Å². The molecule has 7 heteroatoms. The maximum absolute atomic E-state index is 11.6. The van der Waals surface area contributed by atoms with Gasteiger partial charge in [-0.05, 0) is 6.92 Å². The van der Waals surface area contributed by atoms with Gasteiger partial charge in [-0.1, -0.05) is 0 Å². The van der Waals surface area contributed by atoms with E-state index in [1.165, 1.54) is 0 Å². The average molecular weight is 306 g/mol. The Kier molecular flexibility index (Phi) is 5.42. The lowest BCUT2D eigenvalue weighted by atomic mass is 10.0. The standard InChI is InChI=1S/C14H18N4O2S/c1-3-4-5-14(17-18-14)6-7-15-13(19)9-20-8-12-10-21-11(2)16-12/h1,10H,4-9H2,2H3,(H,15,19). The molecule has 112 valence electrons. The van der Waals surface area contributed by atoms with Crippen LogP contribution in [0.15, 0.2) is 15.6 Å².